The Kier molecular flexibility index (Phi) is 6.32. The number of thiophene rings is 1. The van der Waals surface area contributed by atoms with Gasteiger partial charge in [0.15, 0.2) is 5.70 Å². The van der Waals surface area contributed by atoms with Crippen molar-refractivity contribution in [1.82, 2.24) is 0 Å². The molecule has 3 aromatic carbocycles. The average molecular weight is 553 g/mol. The van der Waals surface area contributed by atoms with Crippen LogP contribution in [0.2, 0.25) is 5.02 Å². The monoisotopic (exact) mass is 551 g/mol. The molecule has 1 aliphatic rings. The van der Waals surface area contributed by atoms with Crippen LogP contribution in [0.5, 0.6) is 5.75 Å². The molecular weight excluding hydrogens is 538 g/mol. The van der Waals surface area contributed by atoms with E-state index in [2.05, 4.69) is 20.9 Å². The van der Waals surface area contributed by atoms with Crippen LogP contribution in [0.25, 0.3) is 16.2 Å². The number of hydrogen-bond donors (Lipinski definition) is 0. The van der Waals surface area contributed by atoms with Crippen molar-refractivity contribution in [2.24, 2.45) is 4.99 Å². The van der Waals surface area contributed by atoms with Crippen molar-refractivity contribution in [3.63, 3.8) is 0 Å². The number of halogens is 2. The van der Waals surface area contributed by atoms with Gasteiger partial charge in [-0.25, -0.2) is 14.6 Å². The molecule has 8 heteroatoms. The fraction of sp³-hybridized carbons (Fsp3) is 0.0385. The zero-order valence-corrected chi connectivity index (χ0v) is 20.6. The number of benzene rings is 3. The van der Waals surface area contributed by atoms with Crippen molar-refractivity contribution in [1.29, 1.82) is 0 Å². The summed E-state index contributed by atoms with van der Waals surface area (Å²) in [6, 6.07) is 22.1. The highest BCUT2D eigenvalue weighted by atomic mass is 79.9. The molecule has 0 saturated heterocycles. The second-order valence-electron chi connectivity index (χ2n) is 7.40. The van der Waals surface area contributed by atoms with E-state index >= 15 is 0 Å². The maximum atomic E-state index is 13.0. The summed E-state index contributed by atoms with van der Waals surface area (Å²) in [5.74, 6) is -0.519. The van der Waals surface area contributed by atoms with E-state index in [0.717, 1.165) is 20.1 Å². The first-order valence-corrected chi connectivity index (χ1v) is 12.2. The Morgan fingerprint density at radius 1 is 1.09 bits per heavy atom. The van der Waals surface area contributed by atoms with Gasteiger partial charge in [-0.15, -0.1) is 11.3 Å². The Balaban J connectivity index is 1.41. The standard InChI is InChI=1S/C26H15BrClNO4S/c27-17-10-11-18-21(14-17)34-24(23(18)28)26(31)32-20-9-5-4-8-16(20)13-19-25(30)33-22(29-19)12-15-6-2-1-3-7-15/h1-11,13-14H,12H2/b19-13+. The molecule has 4 aromatic rings. The fourth-order valence-electron chi connectivity index (χ4n) is 3.46. The molecule has 5 rings (SSSR count). The van der Waals surface area contributed by atoms with Gasteiger partial charge in [0.2, 0.25) is 5.90 Å². The Morgan fingerprint density at radius 2 is 1.85 bits per heavy atom. The van der Waals surface area contributed by atoms with E-state index in [1.54, 1.807) is 30.3 Å². The van der Waals surface area contributed by atoms with Crippen LogP contribution in [-0.4, -0.2) is 17.8 Å². The average Bonchev–Trinajstić information content (AvgIpc) is 3.34. The van der Waals surface area contributed by atoms with E-state index in [1.165, 1.54) is 11.3 Å². The molecule has 5 nitrogen and oxygen atoms in total. The number of cyclic esters (lactones) is 1. The van der Waals surface area contributed by atoms with Gasteiger partial charge in [-0.2, -0.15) is 0 Å². The molecular formula is C26H15BrClNO4S. The number of aliphatic imine (C=N–C) groups is 1. The summed E-state index contributed by atoms with van der Waals surface area (Å²) in [5, 5.41) is 1.13. The zero-order valence-electron chi connectivity index (χ0n) is 17.5. The lowest BCUT2D eigenvalue weighted by molar-refractivity contribution is -0.130. The van der Waals surface area contributed by atoms with E-state index in [-0.39, 0.29) is 11.4 Å². The largest absolute Gasteiger partial charge is 0.422 e. The molecule has 0 unspecified atom stereocenters. The number of nitrogens with zero attached hydrogens (tertiary/aromatic N) is 1. The summed E-state index contributed by atoms with van der Waals surface area (Å²) in [7, 11) is 0. The molecule has 0 N–H and O–H groups in total. The van der Waals surface area contributed by atoms with Crippen LogP contribution >= 0.6 is 38.9 Å². The number of carbonyl (C=O) groups excluding carboxylic acids is 2. The lowest BCUT2D eigenvalue weighted by Gasteiger charge is -2.07. The first-order valence-electron chi connectivity index (χ1n) is 10.2. The van der Waals surface area contributed by atoms with Gasteiger partial charge in [0.1, 0.15) is 10.6 Å². The number of carbonyl (C=O) groups is 2. The van der Waals surface area contributed by atoms with E-state index in [9.17, 15) is 9.59 Å². The molecule has 0 radical (unpaired) electrons. The van der Waals surface area contributed by atoms with Gasteiger partial charge in [0.05, 0.1) is 5.02 Å². The van der Waals surface area contributed by atoms with Crippen molar-refractivity contribution in [2.45, 2.75) is 6.42 Å². The highest BCUT2D eigenvalue weighted by molar-refractivity contribution is 9.10. The van der Waals surface area contributed by atoms with E-state index in [0.29, 0.717) is 27.8 Å². The van der Waals surface area contributed by atoms with Gasteiger partial charge in [-0.05, 0) is 29.8 Å². The SMILES string of the molecule is O=C1OC(Cc2ccccc2)=N/C1=C/c1ccccc1OC(=O)c1sc2cc(Br)ccc2c1Cl. The molecule has 34 heavy (non-hydrogen) atoms. The first kappa shape index (κ1) is 22.5. The predicted octanol–water partition coefficient (Wildman–Crippen LogP) is 7.08. The van der Waals surface area contributed by atoms with Crippen LogP contribution in [0.1, 0.15) is 20.8 Å². The third-order valence-corrected chi connectivity index (χ3v) is 7.18. The maximum absolute atomic E-state index is 13.0. The van der Waals surface area contributed by atoms with Gasteiger partial charge in [0.25, 0.3) is 0 Å². The maximum Gasteiger partial charge on any atom is 0.363 e. The van der Waals surface area contributed by atoms with Crippen molar-refractivity contribution in [3.8, 4) is 5.75 Å². The summed E-state index contributed by atoms with van der Waals surface area (Å²) in [4.78, 5) is 30.0. The normalized spacial score (nSPS) is 14.4. The highest BCUT2D eigenvalue weighted by Crippen LogP contribution is 2.37. The fourth-order valence-corrected chi connectivity index (χ4v) is 5.39. The summed E-state index contributed by atoms with van der Waals surface area (Å²) in [6.45, 7) is 0. The number of fused-ring (bicyclic) bond motifs is 1. The van der Waals surface area contributed by atoms with Crippen LogP contribution in [-0.2, 0) is 16.0 Å². The number of hydrogen-bond acceptors (Lipinski definition) is 6. The van der Waals surface area contributed by atoms with Crippen LogP contribution in [0.3, 0.4) is 0 Å². The molecule has 1 aliphatic heterocycles. The lowest BCUT2D eigenvalue weighted by Crippen LogP contribution is -2.08. The zero-order chi connectivity index (χ0) is 23.7. The summed E-state index contributed by atoms with van der Waals surface area (Å²) in [6.07, 6.45) is 1.95. The smallest absolute Gasteiger partial charge is 0.363 e. The molecule has 2 heterocycles. The van der Waals surface area contributed by atoms with E-state index < -0.39 is 11.9 Å². The Morgan fingerprint density at radius 3 is 2.68 bits per heavy atom. The van der Waals surface area contributed by atoms with Gasteiger partial charge in [-0.1, -0.05) is 82.1 Å². The van der Waals surface area contributed by atoms with E-state index in [4.69, 9.17) is 21.1 Å². The van der Waals surface area contributed by atoms with Crippen molar-refractivity contribution < 1.29 is 19.1 Å². The molecule has 168 valence electrons. The van der Waals surface area contributed by atoms with Crippen LogP contribution in [0.15, 0.2) is 88.0 Å². The van der Waals surface area contributed by atoms with Gasteiger partial charge < -0.3 is 9.47 Å². The number of para-hydroxylation sites is 1. The van der Waals surface area contributed by atoms with Gasteiger partial charge >= 0.3 is 11.9 Å². The van der Waals surface area contributed by atoms with Gasteiger partial charge in [0, 0.05) is 26.5 Å². The van der Waals surface area contributed by atoms with Crippen LogP contribution in [0, 0.1) is 0 Å². The number of rotatable bonds is 5. The molecule has 0 amide bonds. The minimum Gasteiger partial charge on any atom is -0.422 e. The highest BCUT2D eigenvalue weighted by Gasteiger charge is 2.24. The van der Waals surface area contributed by atoms with Crippen molar-refractivity contribution in [2.75, 3.05) is 0 Å². The van der Waals surface area contributed by atoms with Crippen molar-refractivity contribution in [3.05, 3.63) is 104 Å². The second-order valence-corrected chi connectivity index (χ2v) is 9.75. The number of ether oxygens (including phenoxy) is 2. The summed E-state index contributed by atoms with van der Waals surface area (Å²) >= 11 is 11.1. The predicted molar refractivity (Wildman–Crippen MR) is 138 cm³/mol. The Labute approximate surface area is 212 Å². The molecule has 0 aliphatic carbocycles. The Hall–Kier alpha value is -3.26. The summed E-state index contributed by atoms with van der Waals surface area (Å²) in [5.41, 5.74) is 1.64. The molecule has 0 bridgehead atoms. The molecule has 0 spiro atoms. The minimum atomic E-state index is -0.574. The third-order valence-electron chi connectivity index (χ3n) is 5.05. The first-order chi connectivity index (χ1) is 16.5. The molecule has 0 fully saturated rings. The topological polar surface area (TPSA) is 65.0 Å². The van der Waals surface area contributed by atoms with Crippen LogP contribution in [0.4, 0.5) is 0 Å². The van der Waals surface area contributed by atoms with E-state index in [1.807, 2.05) is 48.5 Å². The summed E-state index contributed by atoms with van der Waals surface area (Å²) < 4.78 is 12.8. The molecule has 1 aromatic heterocycles. The molecule has 0 saturated carbocycles. The van der Waals surface area contributed by atoms with Crippen LogP contribution < -0.4 is 4.74 Å². The quantitative estimate of drug-likeness (QED) is 0.151. The number of esters is 2. The minimum absolute atomic E-state index is 0.138. The third kappa shape index (κ3) is 4.68. The van der Waals surface area contributed by atoms with Crippen molar-refractivity contribution >= 4 is 72.9 Å². The lowest BCUT2D eigenvalue weighted by atomic mass is 10.1. The Bertz CT molecular complexity index is 1490. The second kappa shape index (κ2) is 9.54. The molecule has 0 atom stereocenters. The van der Waals surface area contributed by atoms with Gasteiger partial charge in [-0.3, -0.25) is 0 Å².